The van der Waals surface area contributed by atoms with Gasteiger partial charge in [0, 0.05) is 11.0 Å². The summed E-state index contributed by atoms with van der Waals surface area (Å²) in [7, 11) is 0. The van der Waals surface area contributed by atoms with Crippen molar-refractivity contribution in [3.63, 3.8) is 0 Å². The van der Waals surface area contributed by atoms with E-state index >= 15 is 0 Å². The minimum atomic E-state index is -0.491. The highest BCUT2D eigenvalue weighted by Gasteiger charge is 2.20. The van der Waals surface area contributed by atoms with Gasteiger partial charge in [-0.25, -0.2) is 9.07 Å². The number of tetrazole rings is 1. The fourth-order valence-electron chi connectivity index (χ4n) is 1.78. The van der Waals surface area contributed by atoms with Crippen LogP contribution in [0.4, 0.5) is 10.1 Å². The number of carbonyl (C=O) groups excluding carboxylic acids is 1. The smallest absolute Gasteiger partial charge is 0.237 e. The average Bonchev–Trinajstić information content (AvgIpc) is 2.88. The second kappa shape index (κ2) is 7.87. The Bertz CT molecular complexity index is 694. The first kappa shape index (κ1) is 17.9. The van der Waals surface area contributed by atoms with Gasteiger partial charge in [0.25, 0.3) is 0 Å². The summed E-state index contributed by atoms with van der Waals surface area (Å²) < 4.78 is 16.1. The predicted octanol–water partition coefficient (Wildman–Crippen LogP) is 3.35. The Morgan fingerprint density at radius 2 is 2.17 bits per heavy atom. The molecule has 0 radical (unpaired) electrons. The molecule has 2 rings (SSSR count). The largest absolute Gasteiger partial charge is 0.323 e. The van der Waals surface area contributed by atoms with Crippen LogP contribution in [-0.2, 0) is 11.3 Å². The number of hydrogen-bond acceptors (Lipinski definition) is 5. The molecule has 0 aliphatic rings. The van der Waals surface area contributed by atoms with E-state index in [0.29, 0.717) is 22.1 Å². The number of anilines is 1. The van der Waals surface area contributed by atoms with Gasteiger partial charge >= 0.3 is 0 Å². The molecule has 1 amide bonds. The van der Waals surface area contributed by atoms with Crippen LogP contribution in [0.2, 0.25) is 0 Å². The van der Waals surface area contributed by atoms with Crippen molar-refractivity contribution >= 4 is 39.3 Å². The fourth-order valence-corrected chi connectivity index (χ4v) is 2.91. The molecule has 0 spiro atoms. The maximum Gasteiger partial charge on any atom is 0.237 e. The summed E-state index contributed by atoms with van der Waals surface area (Å²) in [5.41, 5.74) is 0.146. The van der Waals surface area contributed by atoms with Crippen LogP contribution in [0.5, 0.6) is 0 Å². The maximum absolute atomic E-state index is 13.8. The monoisotopic (exact) mass is 401 g/mol. The van der Waals surface area contributed by atoms with Gasteiger partial charge in [-0.15, -0.1) is 5.10 Å². The van der Waals surface area contributed by atoms with Gasteiger partial charge in [0.2, 0.25) is 11.1 Å². The lowest BCUT2D eigenvalue weighted by Gasteiger charge is -2.13. The second-order valence-corrected chi connectivity index (χ2v) is 7.63. The number of carbonyl (C=O) groups is 1. The van der Waals surface area contributed by atoms with Crippen LogP contribution >= 0.6 is 27.7 Å². The molecule has 0 aliphatic heterocycles. The third-order valence-corrected chi connectivity index (χ3v) is 4.44. The molecule has 23 heavy (non-hydrogen) atoms. The van der Waals surface area contributed by atoms with Crippen LogP contribution in [0.15, 0.2) is 27.8 Å². The van der Waals surface area contributed by atoms with Crippen LogP contribution in [-0.4, -0.2) is 31.4 Å². The van der Waals surface area contributed by atoms with Crippen molar-refractivity contribution in [2.45, 2.75) is 37.7 Å². The average molecular weight is 402 g/mol. The Morgan fingerprint density at radius 1 is 1.43 bits per heavy atom. The van der Waals surface area contributed by atoms with E-state index in [1.807, 2.05) is 0 Å². The van der Waals surface area contributed by atoms with Crippen molar-refractivity contribution in [2.24, 2.45) is 5.92 Å². The number of hydrogen-bond donors (Lipinski definition) is 1. The van der Waals surface area contributed by atoms with Gasteiger partial charge < -0.3 is 5.32 Å². The Morgan fingerprint density at radius 3 is 2.83 bits per heavy atom. The highest BCUT2D eigenvalue weighted by molar-refractivity contribution is 9.10. The Hall–Kier alpha value is -1.48. The Balaban J connectivity index is 2.01. The molecule has 9 heteroatoms. The van der Waals surface area contributed by atoms with Crippen LogP contribution in [0.3, 0.4) is 0 Å². The molecular formula is C14H17BrFN5OS. The van der Waals surface area contributed by atoms with E-state index in [1.54, 1.807) is 17.7 Å². The molecule has 0 saturated heterocycles. The maximum atomic E-state index is 13.8. The van der Waals surface area contributed by atoms with Crippen molar-refractivity contribution in [3.8, 4) is 0 Å². The van der Waals surface area contributed by atoms with E-state index in [4.69, 9.17) is 0 Å². The molecule has 124 valence electrons. The molecule has 1 aromatic carbocycles. The summed E-state index contributed by atoms with van der Waals surface area (Å²) in [6.45, 7) is 6.52. The lowest BCUT2D eigenvalue weighted by molar-refractivity contribution is -0.115. The van der Waals surface area contributed by atoms with Gasteiger partial charge in [-0.2, -0.15) is 0 Å². The van der Waals surface area contributed by atoms with E-state index in [-0.39, 0.29) is 11.6 Å². The minimum absolute atomic E-state index is 0.146. The number of thioether (sulfide) groups is 1. The zero-order valence-corrected chi connectivity index (χ0v) is 15.4. The van der Waals surface area contributed by atoms with Gasteiger partial charge in [-0.05, 0) is 41.5 Å². The summed E-state index contributed by atoms with van der Waals surface area (Å²) in [6, 6.07) is 4.48. The second-order valence-electron chi connectivity index (χ2n) is 5.41. The number of halogens is 2. The van der Waals surface area contributed by atoms with Crippen LogP contribution < -0.4 is 5.32 Å². The van der Waals surface area contributed by atoms with E-state index in [1.165, 1.54) is 23.9 Å². The summed E-state index contributed by atoms with van der Waals surface area (Å²) in [5.74, 6) is -0.413. The molecule has 1 unspecified atom stereocenters. The summed E-state index contributed by atoms with van der Waals surface area (Å²) in [4.78, 5) is 12.2. The van der Waals surface area contributed by atoms with Crippen molar-refractivity contribution in [2.75, 3.05) is 5.32 Å². The number of nitrogens with one attached hydrogen (secondary N) is 1. The van der Waals surface area contributed by atoms with Crippen molar-refractivity contribution < 1.29 is 9.18 Å². The van der Waals surface area contributed by atoms with Gasteiger partial charge in [-0.1, -0.05) is 41.5 Å². The number of rotatable bonds is 6. The molecule has 2 aromatic rings. The fraction of sp³-hybridized carbons (Fsp3) is 0.429. The summed E-state index contributed by atoms with van der Waals surface area (Å²) in [5, 5.41) is 14.2. The van der Waals surface area contributed by atoms with E-state index in [9.17, 15) is 9.18 Å². The van der Waals surface area contributed by atoms with Crippen LogP contribution in [0.25, 0.3) is 0 Å². The van der Waals surface area contributed by atoms with Crippen molar-refractivity contribution in [3.05, 3.63) is 28.5 Å². The third-order valence-electron chi connectivity index (χ3n) is 2.88. The van der Waals surface area contributed by atoms with Gasteiger partial charge in [-0.3, -0.25) is 4.79 Å². The molecule has 1 atom stereocenters. The summed E-state index contributed by atoms with van der Waals surface area (Å²) >= 11 is 4.42. The highest BCUT2D eigenvalue weighted by Crippen LogP contribution is 2.24. The SMILES string of the molecule is CC(C)Cn1nnnc1SC(C)C(=O)Nc1ccc(Br)cc1F. The topological polar surface area (TPSA) is 72.7 Å². The van der Waals surface area contributed by atoms with Crippen LogP contribution in [0.1, 0.15) is 20.8 Å². The van der Waals surface area contributed by atoms with E-state index in [2.05, 4.69) is 50.6 Å². The van der Waals surface area contributed by atoms with Gasteiger partial charge in [0.1, 0.15) is 5.82 Å². The zero-order chi connectivity index (χ0) is 17.0. The lowest BCUT2D eigenvalue weighted by atomic mass is 10.2. The molecule has 0 bridgehead atoms. The van der Waals surface area contributed by atoms with E-state index in [0.717, 1.165) is 0 Å². The quantitative estimate of drug-likeness (QED) is 0.751. The number of aromatic nitrogens is 4. The molecule has 0 aliphatic carbocycles. The molecule has 1 heterocycles. The van der Waals surface area contributed by atoms with Gasteiger partial charge in [0.05, 0.1) is 10.9 Å². The first-order valence-corrected chi connectivity index (χ1v) is 8.73. The molecule has 0 fully saturated rings. The Kier molecular flexibility index (Phi) is 6.11. The van der Waals surface area contributed by atoms with Crippen LogP contribution in [0, 0.1) is 11.7 Å². The number of benzene rings is 1. The number of nitrogens with zero attached hydrogens (tertiary/aromatic N) is 4. The first-order valence-electron chi connectivity index (χ1n) is 7.05. The molecule has 1 N–H and O–H groups in total. The minimum Gasteiger partial charge on any atom is -0.323 e. The van der Waals surface area contributed by atoms with Gasteiger partial charge in [0.15, 0.2) is 0 Å². The summed E-state index contributed by atoms with van der Waals surface area (Å²) in [6.07, 6.45) is 0. The molecule has 0 saturated carbocycles. The van der Waals surface area contributed by atoms with Crippen molar-refractivity contribution in [1.29, 1.82) is 0 Å². The first-order chi connectivity index (χ1) is 10.9. The van der Waals surface area contributed by atoms with E-state index < -0.39 is 11.1 Å². The third kappa shape index (κ3) is 5.00. The number of amides is 1. The van der Waals surface area contributed by atoms with Crippen molar-refractivity contribution in [1.82, 2.24) is 20.2 Å². The lowest BCUT2D eigenvalue weighted by Crippen LogP contribution is -2.23. The molecular weight excluding hydrogens is 385 g/mol. The standard InChI is InChI=1S/C14H17BrFN5OS/c1-8(2)7-21-14(18-19-20-21)23-9(3)13(22)17-12-5-4-10(15)6-11(12)16/h4-6,8-9H,7H2,1-3H3,(H,17,22). The Labute approximate surface area is 146 Å². The highest BCUT2D eigenvalue weighted by atomic mass is 79.9. The molecule has 6 nitrogen and oxygen atoms in total. The normalized spacial score (nSPS) is 12.4. The molecule has 1 aromatic heterocycles. The predicted molar refractivity (Wildman–Crippen MR) is 90.7 cm³/mol. The zero-order valence-electron chi connectivity index (χ0n) is 13.0.